The Morgan fingerprint density at radius 1 is 1.46 bits per heavy atom. The number of benzene rings is 1. The first-order valence-corrected chi connectivity index (χ1v) is 3.88. The summed E-state index contributed by atoms with van der Waals surface area (Å²) >= 11 is 0. The summed E-state index contributed by atoms with van der Waals surface area (Å²) in [4.78, 5) is 10.7. The van der Waals surface area contributed by atoms with E-state index in [0.29, 0.717) is 5.69 Å². The van der Waals surface area contributed by atoms with Crippen molar-refractivity contribution in [2.24, 2.45) is 5.84 Å². The molecule has 0 saturated heterocycles. The molecule has 0 saturated carbocycles. The van der Waals surface area contributed by atoms with Gasteiger partial charge in [0.1, 0.15) is 0 Å². The summed E-state index contributed by atoms with van der Waals surface area (Å²) in [7, 11) is 0. The normalized spacial score (nSPS) is 9.77. The van der Waals surface area contributed by atoms with Crippen molar-refractivity contribution >= 4 is 11.7 Å². The summed E-state index contributed by atoms with van der Waals surface area (Å²) in [6.07, 6.45) is 0. The van der Waals surface area contributed by atoms with Crippen LogP contribution in [0.5, 0.6) is 0 Å². The van der Waals surface area contributed by atoms with Crippen LogP contribution >= 0.6 is 0 Å². The molecule has 0 aliphatic carbocycles. The quantitative estimate of drug-likeness (QED) is 0.473. The zero-order chi connectivity index (χ0) is 10.0. The van der Waals surface area contributed by atoms with Gasteiger partial charge in [-0.15, -0.1) is 0 Å². The van der Waals surface area contributed by atoms with Crippen LogP contribution in [0.2, 0.25) is 0 Å². The molecule has 1 aromatic carbocycles. The highest BCUT2D eigenvalue weighted by molar-refractivity contribution is 5.95. The fourth-order valence-electron chi connectivity index (χ4n) is 1.18. The van der Waals surface area contributed by atoms with Gasteiger partial charge in [-0.05, 0) is 31.0 Å². The molecule has 4 N–H and O–H groups in total. The number of hydrogen-bond donors (Lipinski definition) is 3. The summed E-state index contributed by atoms with van der Waals surface area (Å²) in [6, 6.07) is 3.31. The maximum Gasteiger partial charge on any atom is 0.337 e. The van der Waals surface area contributed by atoms with Crippen LogP contribution in [0.25, 0.3) is 0 Å². The van der Waals surface area contributed by atoms with E-state index < -0.39 is 5.97 Å². The molecule has 0 aliphatic rings. The minimum atomic E-state index is -0.976. The number of rotatable bonds is 2. The molecule has 0 aliphatic heterocycles. The molecule has 0 aromatic heterocycles. The van der Waals surface area contributed by atoms with E-state index in [0.717, 1.165) is 11.1 Å². The minimum Gasteiger partial charge on any atom is -0.478 e. The number of aromatic carboxylic acids is 1. The highest BCUT2D eigenvalue weighted by Gasteiger charge is 2.12. The van der Waals surface area contributed by atoms with E-state index in [9.17, 15) is 4.79 Å². The Bertz CT molecular complexity index is 348. The Labute approximate surface area is 76.3 Å². The average molecular weight is 180 g/mol. The third kappa shape index (κ3) is 1.62. The summed E-state index contributed by atoms with van der Waals surface area (Å²) in [5.41, 5.74) is 4.96. The van der Waals surface area contributed by atoms with E-state index >= 15 is 0 Å². The Balaban J connectivity index is 3.38. The van der Waals surface area contributed by atoms with Crippen molar-refractivity contribution in [3.63, 3.8) is 0 Å². The number of carbonyl (C=O) groups is 1. The molecule has 13 heavy (non-hydrogen) atoms. The lowest BCUT2D eigenvalue weighted by Crippen LogP contribution is -2.13. The molecular formula is C9H12N2O2. The first-order chi connectivity index (χ1) is 6.07. The largest absolute Gasteiger partial charge is 0.478 e. The lowest BCUT2D eigenvalue weighted by Gasteiger charge is -2.10. The van der Waals surface area contributed by atoms with Crippen LogP contribution in [0.4, 0.5) is 5.69 Å². The van der Waals surface area contributed by atoms with E-state index in [4.69, 9.17) is 10.9 Å². The number of aryl methyl sites for hydroxylation is 1. The molecule has 0 unspecified atom stereocenters. The molecule has 1 aromatic rings. The molecule has 0 spiro atoms. The van der Waals surface area contributed by atoms with Crippen molar-refractivity contribution in [2.75, 3.05) is 5.43 Å². The topological polar surface area (TPSA) is 75.3 Å². The molecule has 0 heterocycles. The average Bonchev–Trinajstić information content (AvgIpc) is 2.09. The molecule has 4 nitrogen and oxygen atoms in total. The molecule has 1 rings (SSSR count). The van der Waals surface area contributed by atoms with Gasteiger partial charge in [-0.1, -0.05) is 6.07 Å². The van der Waals surface area contributed by atoms with Crippen molar-refractivity contribution in [2.45, 2.75) is 13.8 Å². The third-order valence-corrected chi connectivity index (χ3v) is 2.11. The van der Waals surface area contributed by atoms with Gasteiger partial charge in [0.15, 0.2) is 0 Å². The fourth-order valence-corrected chi connectivity index (χ4v) is 1.18. The maximum atomic E-state index is 10.7. The molecule has 4 heteroatoms. The number of carboxylic acids is 1. The summed E-state index contributed by atoms with van der Waals surface area (Å²) < 4.78 is 0. The second-order valence-corrected chi connectivity index (χ2v) is 2.88. The Hall–Kier alpha value is -1.55. The first-order valence-electron chi connectivity index (χ1n) is 3.88. The number of nitrogens with two attached hydrogens (primary N) is 1. The van der Waals surface area contributed by atoms with Crippen LogP contribution < -0.4 is 11.3 Å². The number of hydrogen-bond acceptors (Lipinski definition) is 3. The lowest BCUT2D eigenvalue weighted by molar-refractivity contribution is 0.0698. The van der Waals surface area contributed by atoms with Gasteiger partial charge >= 0.3 is 5.97 Å². The van der Waals surface area contributed by atoms with Crippen LogP contribution in [0.1, 0.15) is 21.5 Å². The van der Waals surface area contributed by atoms with E-state index in [1.54, 1.807) is 12.1 Å². The van der Waals surface area contributed by atoms with Gasteiger partial charge in [0.05, 0.1) is 11.3 Å². The van der Waals surface area contributed by atoms with E-state index in [-0.39, 0.29) is 5.56 Å². The SMILES string of the molecule is Cc1ccc(C(=O)O)c(NN)c1C. The van der Waals surface area contributed by atoms with Crippen LogP contribution in [0.3, 0.4) is 0 Å². The highest BCUT2D eigenvalue weighted by Crippen LogP contribution is 2.22. The van der Waals surface area contributed by atoms with E-state index in [1.807, 2.05) is 13.8 Å². The Kier molecular flexibility index (Phi) is 2.53. The lowest BCUT2D eigenvalue weighted by atomic mass is 10.0. The minimum absolute atomic E-state index is 0.200. The number of nitrogens with one attached hydrogen (secondary N) is 1. The van der Waals surface area contributed by atoms with Crippen LogP contribution in [-0.4, -0.2) is 11.1 Å². The molecule has 0 amide bonds. The van der Waals surface area contributed by atoms with Gasteiger partial charge in [-0.25, -0.2) is 4.79 Å². The van der Waals surface area contributed by atoms with Gasteiger partial charge in [-0.2, -0.15) is 0 Å². The summed E-state index contributed by atoms with van der Waals surface area (Å²) in [6.45, 7) is 3.73. The molecular weight excluding hydrogens is 168 g/mol. The Morgan fingerprint density at radius 3 is 2.54 bits per heavy atom. The summed E-state index contributed by atoms with van der Waals surface area (Å²) in [5.74, 6) is 4.27. The van der Waals surface area contributed by atoms with Crippen molar-refractivity contribution < 1.29 is 9.90 Å². The Morgan fingerprint density at radius 2 is 2.08 bits per heavy atom. The van der Waals surface area contributed by atoms with Gasteiger partial charge in [-0.3, -0.25) is 5.84 Å². The van der Waals surface area contributed by atoms with Crippen molar-refractivity contribution in [1.82, 2.24) is 0 Å². The van der Waals surface area contributed by atoms with Gasteiger partial charge in [0.25, 0.3) is 0 Å². The van der Waals surface area contributed by atoms with Crippen LogP contribution in [-0.2, 0) is 0 Å². The van der Waals surface area contributed by atoms with Gasteiger partial charge < -0.3 is 10.5 Å². The molecule has 0 fully saturated rings. The number of anilines is 1. The van der Waals surface area contributed by atoms with E-state index in [2.05, 4.69) is 5.43 Å². The van der Waals surface area contributed by atoms with E-state index in [1.165, 1.54) is 0 Å². The van der Waals surface area contributed by atoms with Crippen LogP contribution in [0, 0.1) is 13.8 Å². The predicted molar refractivity (Wildman–Crippen MR) is 50.7 cm³/mol. The van der Waals surface area contributed by atoms with Gasteiger partial charge in [0.2, 0.25) is 0 Å². The molecule has 0 bridgehead atoms. The zero-order valence-corrected chi connectivity index (χ0v) is 7.59. The van der Waals surface area contributed by atoms with Crippen molar-refractivity contribution in [3.05, 3.63) is 28.8 Å². The third-order valence-electron chi connectivity index (χ3n) is 2.11. The number of hydrazine groups is 1. The monoisotopic (exact) mass is 180 g/mol. The molecule has 70 valence electrons. The van der Waals surface area contributed by atoms with Crippen molar-refractivity contribution in [3.8, 4) is 0 Å². The van der Waals surface area contributed by atoms with Crippen LogP contribution in [0.15, 0.2) is 12.1 Å². The smallest absolute Gasteiger partial charge is 0.337 e. The predicted octanol–water partition coefficient (Wildman–Crippen LogP) is 1.29. The zero-order valence-electron chi connectivity index (χ0n) is 7.59. The molecule has 0 radical (unpaired) electrons. The number of carboxylic acid groups (broad SMARTS) is 1. The first kappa shape index (κ1) is 9.54. The summed E-state index contributed by atoms with van der Waals surface area (Å²) in [5, 5.41) is 8.82. The van der Waals surface area contributed by atoms with Gasteiger partial charge in [0, 0.05) is 0 Å². The second-order valence-electron chi connectivity index (χ2n) is 2.88. The highest BCUT2D eigenvalue weighted by atomic mass is 16.4. The molecule has 0 atom stereocenters. The maximum absolute atomic E-state index is 10.7. The number of nitrogen functional groups attached to an aromatic ring is 1. The van der Waals surface area contributed by atoms with Crippen molar-refractivity contribution in [1.29, 1.82) is 0 Å². The standard InChI is InChI=1S/C9H12N2O2/c1-5-3-4-7(9(12)13)8(11-10)6(5)2/h3-4,11H,10H2,1-2H3,(H,12,13). The fraction of sp³-hybridized carbons (Fsp3) is 0.222. The second kappa shape index (κ2) is 3.45.